The summed E-state index contributed by atoms with van der Waals surface area (Å²) in [6, 6.07) is 7.56. The van der Waals surface area contributed by atoms with Gasteiger partial charge in [0.1, 0.15) is 29.5 Å². The fraction of sp³-hybridized carbons (Fsp3) is 0.391. The van der Waals surface area contributed by atoms with Crippen molar-refractivity contribution in [3.05, 3.63) is 53.2 Å². The third-order valence-corrected chi connectivity index (χ3v) is 7.44. The van der Waals surface area contributed by atoms with Gasteiger partial charge in [-0.2, -0.15) is 0 Å². The number of nitrogens with two attached hydrogens (primary N) is 1. The molecule has 9 nitrogen and oxygen atoms in total. The summed E-state index contributed by atoms with van der Waals surface area (Å²) >= 11 is 6.18. The summed E-state index contributed by atoms with van der Waals surface area (Å²) in [5, 5.41) is 24.7. The zero-order chi connectivity index (χ0) is 22.9. The van der Waals surface area contributed by atoms with Crippen LogP contribution in [0.25, 0.3) is 22.1 Å². The summed E-state index contributed by atoms with van der Waals surface area (Å²) in [5.41, 5.74) is 7.40. The lowest BCUT2D eigenvalue weighted by Crippen LogP contribution is -2.45. The number of hydrogen-bond acceptors (Lipinski definition) is 8. The van der Waals surface area contributed by atoms with Crippen LogP contribution < -0.4 is 5.73 Å². The molecule has 0 amide bonds. The molecule has 1 aliphatic carbocycles. The van der Waals surface area contributed by atoms with Crippen LogP contribution in [0.2, 0.25) is 5.02 Å². The van der Waals surface area contributed by atoms with E-state index in [2.05, 4.69) is 15.0 Å². The lowest BCUT2D eigenvalue weighted by molar-refractivity contribution is -0.0675. The van der Waals surface area contributed by atoms with Gasteiger partial charge in [0.05, 0.1) is 22.2 Å². The maximum atomic E-state index is 11.4. The number of aliphatic hydroxyl groups excluding tert-OH is 1. The molecule has 0 bridgehead atoms. The molecular formula is C23H23ClN6O3. The Balaban J connectivity index is 1.29. The molecule has 0 radical (unpaired) electrons. The molecule has 0 aromatic carbocycles. The summed E-state index contributed by atoms with van der Waals surface area (Å²) in [4.78, 5) is 17.5. The first-order valence-corrected chi connectivity index (χ1v) is 11.3. The van der Waals surface area contributed by atoms with Crippen LogP contribution in [0.15, 0.2) is 36.8 Å². The van der Waals surface area contributed by atoms with E-state index < -0.39 is 24.0 Å². The van der Waals surface area contributed by atoms with Gasteiger partial charge in [0.25, 0.3) is 0 Å². The van der Waals surface area contributed by atoms with Gasteiger partial charge in [0, 0.05) is 17.3 Å². The fourth-order valence-corrected chi connectivity index (χ4v) is 5.45. The number of aryl methyl sites for hydroxylation is 1. The third-order valence-electron chi connectivity index (χ3n) is 7.05. The molecular weight excluding hydrogens is 444 g/mol. The second-order valence-corrected chi connectivity index (χ2v) is 9.42. The zero-order valence-electron chi connectivity index (χ0n) is 17.9. The van der Waals surface area contributed by atoms with E-state index in [1.54, 1.807) is 16.8 Å². The second-order valence-electron chi connectivity index (χ2n) is 9.01. The number of nitrogens with zero attached hydrogens (tertiary/aromatic N) is 5. The first kappa shape index (κ1) is 20.7. The van der Waals surface area contributed by atoms with Gasteiger partial charge < -0.3 is 25.3 Å². The van der Waals surface area contributed by atoms with Gasteiger partial charge in [-0.05, 0) is 56.4 Å². The number of nitrogen functional groups attached to an aromatic ring is 1. The molecule has 2 aliphatic rings. The van der Waals surface area contributed by atoms with Crippen LogP contribution in [0.4, 0.5) is 5.82 Å². The van der Waals surface area contributed by atoms with E-state index in [0.717, 1.165) is 23.2 Å². The Labute approximate surface area is 194 Å². The minimum atomic E-state index is -1.34. The van der Waals surface area contributed by atoms with Crippen LogP contribution in [0, 0.1) is 12.8 Å². The molecule has 170 valence electrons. The van der Waals surface area contributed by atoms with E-state index in [4.69, 9.17) is 27.1 Å². The first-order chi connectivity index (χ1) is 15.8. The molecule has 5 heterocycles. The number of fused-ring (bicyclic) bond motifs is 3. The summed E-state index contributed by atoms with van der Waals surface area (Å²) in [7, 11) is 0. The Morgan fingerprint density at radius 2 is 2.12 bits per heavy atom. The van der Waals surface area contributed by atoms with Crippen molar-refractivity contribution in [2.24, 2.45) is 5.92 Å². The number of halogens is 1. The number of aliphatic hydroxyl groups is 2. The molecule has 0 unspecified atom stereocenters. The Kier molecular flexibility index (Phi) is 4.60. The molecule has 1 saturated heterocycles. The standard InChI is InChI=1S/C23H23ClN6O3/c1-11-16(24)9-13-2-3-14(29-20(13)28-11)8-12-4-6-23(32)17(31)22(33-18(12)23)30-7-5-15-19(25)26-10-27-21(15)30/h2-3,5,7,9-10,12,17-18,22,31-32H,4,6,8H2,1H3,(H2,25,26,27)/t12-,17-,18+,22+,23-/m0/s1. The van der Waals surface area contributed by atoms with E-state index in [1.807, 2.05) is 25.1 Å². The number of pyridine rings is 2. The molecule has 33 heavy (non-hydrogen) atoms. The Morgan fingerprint density at radius 3 is 2.97 bits per heavy atom. The van der Waals surface area contributed by atoms with Crippen LogP contribution in [0.3, 0.4) is 0 Å². The van der Waals surface area contributed by atoms with Gasteiger partial charge in [0.2, 0.25) is 0 Å². The molecule has 1 aliphatic heterocycles. The van der Waals surface area contributed by atoms with Crippen LogP contribution in [-0.2, 0) is 11.2 Å². The summed E-state index contributed by atoms with van der Waals surface area (Å²) in [6.45, 7) is 1.85. The molecule has 6 rings (SSSR count). The van der Waals surface area contributed by atoms with Crippen LogP contribution in [-0.4, -0.2) is 52.5 Å². The Morgan fingerprint density at radius 1 is 1.27 bits per heavy atom. The lowest BCUT2D eigenvalue weighted by atomic mass is 9.91. The number of aromatic nitrogens is 5. The molecule has 10 heteroatoms. The molecule has 2 fully saturated rings. The normalized spacial score (nSPS) is 29.2. The van der Waals surface area contributed by atoms with Crippen molar-refractivity contribution in [3.8, 4) is 0 Å². The summed E-state index contributed by atoms with van der Waals surface area (Å²) in [6.07, 6.45) is 2.49. The minimum Gasteiger partial charge on any atom is -0.385 e. The molecule has 0 spiro atoms. The summed E-state index contributed by atoms with van der Waals surface area (Å²) in [5.74, 6) is 0.352. The highest BCUT2D eigenvalue weighted by molar-refractivity contribution is 6.31. The van der Waals surface area contributed by atoms with E-state index in [9.17, 15) is 10.2 Å². The van der Waals surface area contributed by atoms with E-state index in [1.165, 1.54) is 6.33 Å². The Hall–Kier alpha value is -2.85. The van der Waals surface area contributed by atoms with Crippen LogP contribution in [0.5, 0.6) is 0 Å². The monoisotopic (exact) mass is 466 g/mol. The van der Waals surface area contributed by atoms with Crippen molar-refractivity contribution in [1.29, 1.82) is 0 Å². The molecule has 4 aromatic rings. The largest absolute Gasteiger partial charge is 0.385 e. The predicted octanol–water partition coefficient (Wildman–Crippen LogP) is 2.56. The average Bonchev–Trinajstić information content (AvgIpc) is 3.42. The van der Waals surface area contributed by atoms with Crippen molar-refractivity contribution in [1.82, 2.24) is 24.5 Å². The van der Waals surface area contributed by atoms with Crippen LogP contribution >= 0.6 is 11.6 Å². The van der Waals surface area contributed by atoms with Gasteiger partial charge in [0.15, 0.2) is 11.9 Å². The lowest BCUT2D eigenvalue weighted by Gasteiger charge is -2.26. The van der Waals surface area contributed by atoms with Crippen molar-refractivity contribution >= 4 is 39.5 Å². The Bertz CT molecular complexity index is 1390. The van der Waals surface area contributed by atoms with Gasteiger partial charge in [-0.3, -0.25) is 0 Å². The highest BCUT2D eigenvalue weighted by Gasteiger charge is 2.61. The second kappa shape index (κ2) is 7.33. The number of anilines is 1. The van der Waals surface area contributed by atoms with Crippen molar-refractivity contribution < 1.29 is 14.9 Å². The maximum absolute atomic E-state index is 11.4. The number of ether oxygens (including phenoxy) is 1. The smallest absolute Gasteiger partial charge is 0.164 e. The minimum absolute atomic E-state index is 0.00508. The topological polar surface area (TPSA) is 132 Å². The van der Waals surface area contributed by atoms with Gasteiger partial charge >= 0.3 is 0 Å². The fourth-order valence-electron chi connectivity index (χ4n) is 5.29. The molecule has 4 N–H and O–H groups in total. The third kappa shape index (κ3) is 3.11. The SMILES string of the molecule is Cc1nc2nc(C[C@@H]3CC[C@@]4(O)[C@@H]3O[C@@H](n3ccc5c(N)ncnc53)[C@@H]4O)ccc2cc1Cl. The summed E-state index contributed by atoms with van der Waals surface area (Å²) < 4.78 is 8.02. The van der Waals surface area contributed by atoms with E-state index in [0.29, 0.717) is 40.4 Å². The van der Waals surface area contributed by atoms with Gasteiger partial charge in [-0.15, -0.1) is 0 Å². The van der Waals surface area contributed by atoms with Gasteiger partial charge in [-0.25, -0.2) is 19.9 Å². The van der Waals surface area contributed by atoms with E-state index >= 15 is 0 Å². The number of hydrogen-bond donors (Lipinski definition) is 3. The van der Waals surface area contributed by atoms with Crippen LogP contribution in [0.1, 0.15) is 30.5 Å². The van der Waals surface area contributed by atoms with Crippen molar-refractivity contribution in [2.75, 3.05) is 5.73 Å². The molecule has 1 saturated carbocycles. The van der Waals surface area contributed by atoms with E-state index in [-0.39, 0.29) is 5.92 Å². The number of rotatable bonds is 3. The van der Waals surface area contributed by atoms with Gasteiger partial charge in [-0.1, -0.05) is 11.6 Å². The highest BCUT2D eigenvalue weighted by atomic mass is 35.5. The maximum Gasteiger partial charge on any atom is 0.164 e. The highest BCUT2D eigenvalue weighted by Crippen LogP contribution is 2.50. The van der Waals surface area contributed by atoms with Crippen molar-refractivity contribution in [2.45, 2.75) is 50.2 Å². The van der Waals surface area contributed by atoms with Crippen molar-refractivity contribution in [3.63, 3.8) is 0 Å². The first-order valence-electron chi connectivity index (χ1n) is 10.9. The molecule has 5 atom stereocenters. The average molecular weight is 467 g/mol. The predicted molar refractivity (Wildman–Crippen MR) is 123 cm³/mol. The zero-order valence-corrected chi connectivity index (χ0v) is 18.6. The quantitative estimate of drug-likeness (QED) is 0.419. The molecule has 4 aromatic heterocycles.